The largest absolute Gasteiger partial charge is 0.462 e. The lowest BCUT2D eigenvalue weighted by atomic mass is 10.1. The van der Waals surface area contributed by atoms with E-state index >= 15 is 0 Å². The first-order valence-electron chi connectivity index (χ1n) is 10.7. The second-order valence-corrected chi connectivity index (χ2v) is 10.6. The van der Waals surface area contributed by atoms with Gasteiger partial charge in [0.05, 0.1) is 17.9 Å². The quantitative estimate of drug-likeness (QED) is 0.280. The summed E-state index contributed by atoms with van der Waals surface area (Å²) in [4.78, 5) is 27.8. The van der Waals surface area contributed by atoms with Crippen LogP contribution in [0.4, 0.5) is 5.00 Å². The van der Waals surface area contributed by atoms with Gasteiger partial charge in [-0.15, -0.1) is 32.9 Å². The molecule has 0 atom stereocenters. The molecular formula is C22H26N4O3S3. The van der Waals surface area contributed by atoms with Gasteiger partial charge in [-0.05, 0) is 49.6 Å². The van der Waals surface area contributed by atoms with Crippen LogP contribution in [0.2, 0.25) is 0 Å². The van der Waals surface area contributed by atoms with E-state index in [2.05, 4.69) is 21.6 Å². The monoisotopic (exact) mass is 490 g/mol. The van der Waals surface area contributed by atoms with Crippen molar-refractivity contribution in [1.82, 2.24) is 14.8 Å². The standard InChI is InChI=1S/C22H26N4O3S3/c1-3-29-21(28)19-15-9-5-4-6-10-16(15)32-20(19)23-18(27)13-31-22-25-24-17(26(22)2)12-14-8-7-11-30-14/h7-8,11H,3-6,9-10,12-13H2,1-2H3,(H,23,27). The van der Waals surface area contributed by atoms with Crippen LogP contribution in [0.15, 0.2) is 22.7 Å². The third-order valence-electron chi connectivity index (χ3n) is 5.32. The number of esters is 1. The summed E-state index contributed by atoms with van der Waals surface area (Å²) in [6.45, 7) is 2.11. The second kappa shape index (κ2) is 10.6. The first-order chi connectivity index (χ1) is 15.6. The molecule has 0 unspecified atom stereocenters. The lowest BCUT2D eigenvalue weighted by Crippen LogP contribution is -2.17. The molecule has 0 fully saturated rings. The number of nitrogens with zero attached hydrogens (tertiary/aromatic N) is 3. The first kappa shape index (κ1) is 23.0. The van der Waals surface area contributed by atoms with Crippen molar-refractivity contribution in [2.45, 2.75) is 50.6 Å². The number of aromatic nitrogens is 3. The van der Waals surface area contributed by atoms with E-state index in [0.717, 1.165) is 49.9 Å². The molecule has 3 aromatic rings. The Kier molecular flexibility index (Phi) is 7.64. The topological polar surface area (TPSA) is 86.1 Å². The minimum Gasteiger partial charge on any atom is -0.462 e. The van der Waals surface area contributed by atoms with Gasteiger partial charge in [0.1, 0.15) is 10.8 Å². The third-order valence-corrected chi connectivity index (χ3v) is 8.43. The Balaban J connectivity index is 1.43. The maximum Gasteiger partial charge on any atom is 0.341 e. The zero-order valence-electron chi connectivity index (χ0n) is 18.2. The minimum atomic E-state index is -0.346. The molecule has 32 heavy (non-hydrogen) atoms. The zero-order chi connectivity index (χ0) is 22.5. The molecule has 170 valence electrons. The van der Waals surface area contributed by atoms with E-state index < -0.39 is 0 Å². The minimum absolute atomic E-state index is 0.167. The molecule has 7 nitrogen and oxygen atoms in total. The van der Waals surface area contributed by atoms with E-state index in [-0.39, 0.29) is 17.6 Å². The van der Waals surface area contributed by atoms with E-state index in [0.29, 0.717) is 22.3 Å². The van der Waals surface area contributed by atoms with Crippen LogP contribution in [-0.2, 0) is 35.8 Å². The van der Waals surface area contributed by atoms with Crippen LogP contribution in [0.1, 0.15) is 57.7 Å². The molecule has 10 heteroatoms. The van der Waals surface area contributed by atoms with Crippen molar-refractivity contribution in [2.24, 2.45) is 7.05 Å². The first-order valence-corrected chi connectivity index (χ1v) is 13.4. The van der Waals surface area contributed by atoms with Crippen molar-refractivity contribution >= 4 is 51.3 Å². The Bertz CT molecular complexity index is 1090. The maximum atomic E-state index is 12.7. The molecule has 0 aromatic carbocycles. The van der Waals surface area contributed by atoms with Gasteiger partial charge in [0.25, 0.3) is 0 Å². The molecule has 0 aliphatic heterocycles. The van der Waals surface area contributed by atoms with Crippen molar-refractivity contribution in [1.29, 1.82) is 0 Å². The maximum absolute atomic E-state index is 12.7. The fourth-order valence-electron chi connectivity index (χ4n) is 3.74. The third kappa shape index (κ3) is 5.24. The Morgan fingerprint density at radius 2 is 2.09 bits per heavy atom. The normalized spacial score (nSPS) is 13.4. The van der Waals surface area contributed by atoms with Gasteiger partial charge in [-0.1, -0.05) is 24.2 Å². The Morgan fingerprint density at radius 1 is 1.25 bits per heavy atom. The van der Waals surface area contributed by atoms with Gasteiger partial charge in [-0.2, -0.15) is 0 Å². The summed E-state index contributed by atoms with van der Waals surface area (Å²) in [5, 5.41) is 14.8. The number of nitrogens with one attached hydrogen (secondary N) is 1. The van der Waals surface area contributed by atoms with Gasteiger partial charge in [0.15, 0.2) is 5.16 Å². The van der Waals surface area contributed by atoms with Crippen molar-refractivity contribution in [3.63, 3.8) is 0 Å². The van der Waals surface area contributed by atoms with Crippen LogP contribution < -0.4 is 5.32 Å². The molecule has 0 bridgehead atoms. The van der Waals surface area contributed by atoms with Crippen molar-refractivity contribution < 1.29 is 14.3 Å². The molecule has 4 rings (SSSR count). The number of thioether (sulfide) groups is 1. The highest BCUT2D eigenvalue weighted by atomic mass is 32.2. The van der Waals surface area contributed by atoms with Crippen LogP contribution in [-0.4, -0.2) is 39.0 Å². The molecule has 1 aliphatic rings. The summed E-state index contributed by atoms with van der Waals surface area (Å²) < 4.78 is 7.22. The summed E-state index contributed by atoms with van der Waals surface area (Å²) in [6.07, 6.45) is 5.85. The highest BCUT2D eigenvalue weighted by Crippen LogP contribution is 2.38. The fraction of sp³-hybridized carbons (Fsp3) is 0.455. The summed E-state index contributed by atoms with van der Waals surface area (Å²) >= 11 is 4.54. The van der Waals surface area contributed by atoms with E-state index in [4.69, 9.17) is 4.74 Å². The number of hydrogen-bond acceptors (Lipinski definition) is 8. The highest BCUT2D eigenvalue weighted by molar-refractivity contribution is 7.99. The van der Waals surface area contributed by atoms with Crippen LogP contribution in [0, 0.1) is 0 Å². The molecule has 1 amide bonds. The van der Waals surface area contributed by atoms with Gasteiger partial charge in [-0.3, -0.25) is 4.79 Å². The van der Waals surface area contributed by atoms with Crippen molar-refractivity contribution in [3.8, 4) is 0 Å². The summed E-state index contributed by atoms with van der Waals surface area (Å²) in [5.74, 6) is 0.540. The lowest BCUT2D eigenvalue weighted by molar-refractivity contribution is -0.113. The van der Waals surface area contributed by atoms with Gasteiger partial charge in [0, 0.05) is 23.2 Å². The number of fused-ring (bicyclic) bond motifs is 1. The number of amides is 1. The van der Waals surface area contributed by atoms with Crippen molar-refractivity contribution in [3.05, 3.63) is 44.2 Å². The van der Waals surface area contributed by atoms with Gasteiger partial charge in [0.2, 0.25) is 5.91 Å². The molecule has 3 aromatic heterocycles. The molecule has 0 radical (unpaired) electrons. The lowest BCUT2D eigenvalue weighted by Gasteiger charge is -2.08. The number of carbonyl (C=O) groups excluding carboxylic acids is 2. The van der Waals surface area contributed by atoms with Crippen LogP contribution >= 0.6 is 34.4 Å². The molecule has 3 heterocycles. The molecule has 0 saturated carbocycles. The van der Waals surface area contributed by atoms with E-state index in [1.807, 2.05) is 23.1 Å². The second-order valence-electron chi connectivity index (χ2n) is 7.54. The average molecular weight is 491 g/mol. The highest BCUT2D eigenvalue weighted by Gasteiger charge is 2.26. The van der Waals surface area contributed by atoms with E-state index in [9.17, 15) is 9.59 Å². The number of aryl methyl sites for hydroxylation is 1. The molecule has 0 spiro atoms. The summed E-state index contributed by atoms with van der Waals surface area (Å²) in [5.41, 5.74) is 1.60. The number of rotatable bonds is 8. The number of ether oxygens (including phenoxy) is 1. The Morgan fingerprint density at radius 3 is 2.88 bits per heavy atom. The zero-order valence-corrected chi connectivity index (χ0v) is 20.6. The fourth-order valence-corrected chi connectivity index (χ4v) is 6.46. The molecular weight excluding hydrogens is 464 g/mol. The van der Waals surface area contributed by atoms with Gasteiger partial charge >= 0.3 is 5.97 Å². The Hall–Kier alpha value is -2.17. The van der Waals surface area contributed by atoms with Crippen LogP contribution in [0.3, 0.4) is 0 Å². The number of thiophene rings is 2. The number of carbonyl (C=O) groups is 2. The van der Waals surface area contributed by atoms with E-state index in [1.54, 1.807) is 18.3 Å². The smallest absolute Gasteiger partial charge is 0.341 e. The predicted molar refractivity (Wildman–Crippen MR) is 129 cm³/mol. The van der Waals surface area contributed by atoms with Gasteiger partial charge < -0.3 is 14.6 Å². The number of hydrogen-bond donors (Lipinski definition) is 1. The number of anilines is 1. The van der Waals surface area contributed by atoms with E-state index in [1.165, 1.54) is 32.9 Å². The molecule has 1 N–H and O–H groups in total. The van der Waals surface area contributed by atoms with Crippen LogP contribution in [0.25, 0.3) is 0 Å². The molecule has 1 aliphatic carbocycles. The Labute approximate surface area is 199 Å². The van der Waals surface area contributed by atoms with Crippen LogP contribution in [0.5, 0.6) is 0 Å². The average Bonchev–Trinajstić information content (AvgIpc) is 3.44. The molecule has 0 saturated heterocycles. The predicted octanol–water partition coefficient (Wildman–Crippen LogP) is 4.71. The summed E-state index contributed by atoms with van der Waals surface area (Å²) in [7, 11) is 1.92. The summed E-state index contributed by atoms with van der Waals surface area (Å²) in [6, 6.07) is 4.09. The van der Waals surface area contributed by atoms with Crippen molar-refractivity contribution in [2.75, 3.05) is 17.7 Å². The van der Waals surface area contributed by atoms with Gasteiger partial charge in [-0.25, -0.2) is 4.79 Å². The SMILES string of the molecule is CCOC(=O)c1c(NC(=O)CSc2nnc(Cc3cccs3)n2C)sc2c1CCCCC2.